The average molecular weight is 304 g/mol. The fourth-order valence-electron chi connectivity index (χ4n) is 2.12. The van der Waals surface area contributed by atoms with Crippen molar-refractivity contribution < 1.29 is 9.90 Å². The van der Waals surface area contributed by atoms with Gasteiger partial charge in [0.05, 0.1) is 6.61 Å². The zero-order valence-corrected chi connectivity index (χ0v) is 12.5. The molecule has 0 aliphatic heterocycles. The Morgan fingerprint density at radius 2 is 1.67 bits per heavy atom. The average Bonchev–Trinajstić information content (AvgIpc) is 2.52. The lowest BCUT2D eigenvalue weighted by Crippen LogP contribution is -2.35. The van der Waals surface area contributed by atoms with Crippen LogP contribution in [0, 0.1) is 0 Å². The van der Waals surface area contributed by atoms with Gasteiger partial charge in [-0.1, -0.05) is 41.9 Å². The summed E-state index contributed by atoms with van der Waals surface area (Å²) in [6, 6.07) is 16.8. The van der Waals surface area contributed by atoms with Crippen molar-refractivity contribution in [2.75, 3.05) is 19.7 Å². The molecule has 2 aromatic carbocycles. The lowest BCUT2D eigenvalue weighted by atomic mass is 10.1. The van der Waals surface area contributed by atoms with Crippen LogP contribution < -0.4 is 0 Å². The Kier molecular flexibility index (Phi) is 5.78. The minimum atomic E-state index is -0.0864. The summed E-state index contributed by atoms with van der Waals surface area (Å²) in [5.41, 5.74) is 1.75. The van der Waals surface area contributed by atoms with E-state index in [1.54, 1.807) is 29.2 Å². The fourth-order valence-corrected chi connectivity index (χ4v) is 2.25. The van der Waals surface area contributed by atoms with Crippen LogP contribution in [-0.2, 0) is 6.42 Å². The molecule has 1 N–H and O–H groups in total. The zero-order valence-electron chi connectivity index (χ0n) is 11.7. The van der Waals surface area contributed by atoms with E-state index in [0.29, 0.717) is 23.7 Å². The largest absolute Gasteiger partial charge is 0.395 e. The first-order chi connectivity index (χ1) is 10.2. The van der Waals surface area contributed by atoms with E-state index >= 15 is 0 Å². The van der Waals surface area contributed by atoms with Crippen LogP contribution >= 0.6 is 11.6 Å². The molecule has 0 bridgehead atoms. The second kappa shape index (κ2) is 7.81. The van der Waals surface area contributed by atoms with Crippen molar-refractivity contribution in [2.24, 2.45) is 0 Å². The van der Waals surface area contributed by atoms with Crippen LogP contribution in [0.3, 0.4) is 0 Å². The lowest BCUT2D eigenvalue weighted by molar-refractivity contribution is 0.0724. The molecule has 0 aromatic heterocycles. The summed E-state index contributed by atoms with van der Waals surface area (Å²) in [7, 11) is 0. The van der Waals surface area contributed by atoms with Gasteiger partial charge < -0.3 is 10.0 Å². The number of amides is 1. The van der Waals surface area contributed by atoms with E-state index in [1.165, 1.54) is 5.56 Å². The first-order valence-corrected chi connectivity index (χ1v) is 7.28. The van der Waals surface area contributed by atoms with Crippen LogP contribution in [0.2, 0.25) is 5.02 Å². The molecule has 21 heavy (non-hydrogen) atoms. The summed E-state index contributed by atoms with van der Waals surface area (Å²) < 4.78 is 0. The number of carbonyl (C=O) groups excluding carboxylic acids is 1. The first kappa shape index (κ1) is 15.5. The Morgan fingerprint density at radius 1 is 1.00 bits per heavy atom. The van der Waals surface area contributed by atoms with Gasteiger partial charge >= 0.3 is 0 Å². The molecule has 0 aliphatic carbocycles. The monoisotopic (exact) mass is 303 g/mol. The minimum Gasteiger partial charge on any atom is -0.395 e. The number of halogens is 1. The SMILES string of the molecule is O=C(c1ccc(Cl)cc1)N(CCO)CCc1ccccc1. The Bertz CT molecular complexity index is 569. The summed E-state index contributed by atoms with van der Waals surface area (Å²) >= 11 is 5.83. The number of carbonyl (C=O) groups is 1. The van der Waals surface area contributed by atoms with Gasteiger partial charge in [-0.3, -0.25) is 4.79 Å². The standard InChI is InChI=1S/C17H18ClNO2/c18-16-8-6-15(7-9-16)17(21)19(12-13-20)11-10-14-4-2-1-3-5-14/h1-9,20H,10-13H2. The fraction of sp³-hybridized carbons (Fsp3) is 0.235. The Balaban J connectivity index is 2.03. The van der Waals surface area contributed by atoms with Crippen LogP contribution in [0.25, 0.3) is 0 Å². The van der Waals surface area contributed by atoms with Gasteiger partial charge in [0.25, 0.3) is 5.91 Å². The number of aliphatic hydroxyl groups is 1. The highest BCUT2D eigenvalue weighted by molar-refractivity contribution is 6.30. The Morgan fingerprint density at radius 3 is 2.29 bits per heavy atom. The van der Waals surface area contributed by atoms with Crippen LogP contribution in [0.5, 0.6) is 0 Å². The van der Waals surface area contributed by atoms with Gasteiger partial charge in [-0.15, -0.1) is 0 Å². The molecule has 0 fully saturated rings. The van der Waals surface area contributed by atoms with E-state index < -0.39 is 0 Å². The topological polar surface area (TPSA) is 40.5 Å². The molecule has 3 nitrogen and oxygen atoms in total. The van der Waals surface area contributed by atoms with Crippen molar-refractivity contribution in [2.45, 2.75) is 6.42 Å². The summed E-state index contributed by atoms with van der Waals surface area (Å²) in [6.45, 7) is 0.856. The molecule has 0 radical (unpaired) electrons. The second-order valence-corrected chi connectivity index (χ2v) is 5.19. The van der Waals surface area contributed by atoms with E-state index in [0.717, 1.165) is 6.42 Å². The number of benzene rings is 2. The maximum atomic E-state index is 12.4. The maximum Gasteiger partial charge on any atom is 0.253 e. The number of aliphatic hydroxyl groups excluding tert-OH is 1. The molecule has 0 saturated heterocycles. The zero-order chi connectivity index (χ0) is 15.1. The van der Waals surface area contributed by atoms with Crippen LogP contribution in [-0.4, -0.2) is 35.6 Å². The number of nitrogens with zero attached hydrogens (tertiary/aromatic N) is 1. The summed E-state index contributed by atoms with van der Waals surface area (Å²) in [6.07, 6.45) is 0.764. The molecular weight excluding hydrogens is 286 g/mol. The van der Waals surface area contributed by atoms with E-state index in [-0.39, 0.29) is 12.5 Å². The van der Waals surface area contributed by atoms with Gasteiger partial charge in [-0.25, -0.2) is 0 Å². The second-order valence-electron chi connectivity index (χ2n) is 4.76. The quantitative estimate of drug-likeness (QED) is 0.891. The highest BCUT2D eigenvalue weighted by Crippen LogP contribution is 2.12. The number of hydrogen-bond donors (Lipinski definition) is 1. The van der Waals surface area contributed by atoms with E-state index in [1.807, 2.05) is 30.3 Å². The molecule has 0 spiro atoms. The predicted octanol–water partition coefficient (Wildman–Crippen LogP) is 3.02. The van der Waals surface area contributed by atoms with Crippen LogP contribution in [0.1, 0.15) is 15.9 Å². The van der Waals surface area contributed by atoms with Gasteiger partial charge in [0.1, 0.15) is 0 Å². The summed E-state index contributed by atoms with van der Waals surface area (Å²) in [5.74, 6) is -0.0864. The number of rotatable bonds is 6. The van der Waals surface area contributed by atoms with Crippen LogP contribution in [0.4, 0.5) is 0 Å². The van der Waals surface area contributed by atoms with Gasteiger partial charge in [-0.2, -0.15) is 0 Å². The Labute approximate surface area is 129 Å². The van der Waals surface area contributed by atoms with Crippen molar-refractivity contribution in [1.29, 1.82) is 0 Å². The molecule has 2 aromatic rings. The molecule has 0 aliphatic rings. The normalized spacial score (nSPS) is 10.4. The highest BCUT2D eigenvalue weighted by Gasteiger charge is 2.15. The lowest BCUT2D eigenvalue weighted by Gasteiger charge is -2.22. The van der Waals surface area contributed by atoms with Crippen LogP contribution in [0.15, 0.2) is 54.6 Å². The molecule has 0 atom stereocenters. The van der Waals surface area contributed by atoms with Gasteiger partial charge in [0.15, 0.2) is 0 Å². The molecule has 0 unspecified atom stereocenters. The van der Waals surface area contributed by atoms with Gasteiger partial charge in [-0.05, 0) is 36.2 Å². The van der Waals surface area contributed by atoms with Crippen molar-refractivity contribution in [1.82, 2.24) is 4.90 Å². The Hall–Kier alpha value is -1.84. The van der Waals surface area contributed by atoms with Crippen molar-refractivity contribution in [3.63, 3.8) is 0 Å². The number of hydrogen-bond acceptors (Lipinski definition) is 2. The molecule has 4 heteroatoms. The first-order valence-electron chi connectivity index (χ1n) is 6.90. The third kappa shape index (κ3) is 4.59. The maximum absolute atomic E-state index is 12.4. The highest BCUT2D eigenvalue weighted by atomic mass is 35.5. The molecule has 110 valence electrons. The third-order valence-electron chi connectivity index (χ3n) is 3.26. The summed E-state index contributed by atoms with van der Waals surface area (Å²) in [4.78, 5) is 14.1. The molecule has 0 saturated carbocycles. The van der Waals surface area contributed by atoms with Crippen molar-refractivity contribution in [3.05, 3.63) is 70.7 Å². The minimum absolute atomic E-state index is 0.0475. The smallest absolute Gasteiger partial charge is 0.253 e. The van der Waals surface area contributed by atoms with Gasteiger partial charge in [0, 0.05) is 23.7 Å². The molecule has 2 rings (SSSR count). The van der Waals surface area contributed by atoms with E-state index in [4.69, 9.17) is 16.7 Å². The molecular formula is C17H18ClNO2. The molecule has 1 amide bonds. The predicted molar refractivity (Wildman–Crippen MR) is 84.6 cm³/mol. The summed E-state index contributed by atoms with van der Waals surface area (Å²) in [5, 5.41) is 9.76. The van der Waals surface area contributed by atoms with E-state index in [2.05, 4.69) is 0 Å². The van der Waals surface area contributed by atoms with Crippen molar-refractivity contribution >= 4 is 17.5 Å². The van der Waals surface area contributed by atoms with Crippen molar-refractivity contribution in [3.8, 4) is 0 Å². The molecule has 0 heterocycles. The van der Waals surface area contributed by atoms with E-state index in [9.17, 15) is 4.79 Å². The van der Waals surface area contributed by atoms with Gasteiger partial charge in [0.2, 0.25) is 0 Å². The third-order valence-corrected chi connectivity index (χ3v) is 3.51.